The van der Waals surface area contributed by atoms with E-state index in [2.05, 4.69) is 15.5 Å². The van der Waals surface area contributed by atoms with Gasteiger partial charge in [-0.2, -0.15) is 5.10 Å². The van der Waals surface area contributed by atoms with Crippen LogP contribution in [0.5, 0.6) is 0 Å². The van der Waals surface area contributed by atoms with E-state index in [9.17, 15) is 9.59 Å². The topological polar surface area (TPSA) is 83.0 Å². The molecule has 4 rings (SSSR count). The first-order valence-corrected chi connectivity index (χ1v) is 10.8. The molecular weight excluding hydrogens is 410 g/mol. The molecule has 0 unspecified atom stereocenters. The summed E-state index contributed by atoms with van der Waals surface area (Å²) >= 11 is 5.34. The Bertz CT molecular complexity index is 1140. The molecule has 2 heterocycles. The number of aromatic amines is 1. The highest BCUT2D eigenvalue weighted by Crippen LogP contribution is 2.21. The predicted molar refractivity (Wildman–Crippen MR) is 122 cm³/mol. The van der Waals surface area contributed by atoms with Crippen molar-refractivity contribution in [1.82, 2.24) is 19.7 Å². The zero-order valence-electron chi connectivity index (χ0n) is 17.4. The van der Waals surface area contributed by atoms with Crippen molar-refractivity contribution < 1.29 is 9.59 Å². The molecule has 0 atom stereocenters. The van der Waals surface area contributed by atoms with Gasteiger partial charge in [-0.15, -0.1) is 0 Å². The highest BCUT2D eigenvalue weighted by Gasteiger charge is 2.21. The van der Waals surface area contributed by atoms with Crippen molar-refractivity contribution in [2.75, 3.05) is 18.4 Å². The SMILES string of the molecule is Cc1ccc(-c2n[nH]c(=S)n2CC(=O)Nc2ccccc2C(=O)N2CCCCC2)cc1. The molecule has 8 heteroatoms. The second-order valence-electron chi connectivity index (χ2n) is 7.75. The minimum Gasteiger partial charge on any atom is -0.339 e. The number of rotatable bonds is 5. The lowest BCUT2D eigenvalue weighted by Gasteiger charge is -2.27. The largest absolute Gasteiger partial charge is 0.339 e. The van der Waals surface area contributed by atoms with Crippen LogP contribution >= 0.6 is 12.2 Å². The smallest absolute Gasteiger partial charge is 0.255 e. The number of likely N-dealkylation sites (tertiary alicyclic amines) is 1. The summed E-state index contributed by atoms with van der Waals surface area (Å²) in [5.41, 5.74) is 3.02. The van der Waals surface area contributed by atoms with Gasteiger partial charge in [-0.1, -0.05) is 42.0 Å². The summed E-state index contributed by atoms with van der Waals surface area (Å²) in [6.07, 6.45) is 3.18. The van der Waals surface area contributed by atoms with E-state index >= 15 is 0 Å². The fourth-order valence-corrected chi connectivity index (χ4v) is 3.96. The van der Waals surface area contributed by atoms with E-state index in [0.29, 0.717) is 21.8 Å². The Hall–Kier alpha value is -3.26. The number of hydrogen-bond acceptors (Lipinski definition) is 4. The number of amides is 2. The van der Waals surface area contributed by atoms with Crippen LogP contribution in [0.25, 0.3) is 11.4 Å². The van der Waals surface area contributed by atoms with E-state index in [-0.39, 0.29) is 18.4 Å². The van der Waals surface area contributed by atoms with Gasteiger partial charge in [-0.25, -0.2) is 0 Å². The van der Waals surface area contributed by atoms with Gasteiger partial charge in [0.2, 0.25) is 5.91 Å². The molecule has 1 aliphatic heterocycles. The quantitative estimate of drug-likeness (QED) is 0.589. The fourth-order valence-electron chi connectivity index (χ4n) is 3.77. The molecule has 2 N–H and O–H groups in total. The van der Waals surface area contributed by atoms with Gasteiger partial charge in [0.25, 0.3) is 5.91 Å². The molecule has 0 spiro atoms. The highest BCUT2D eigenvalue weighted by atomic mass is 32.1. The maximum absolute atomic E-state index is 13.0. The van der Waals surface area contributed by atoms with E-state index in [0.717, 1.165) is 43.5 Å². The lowest BCUT2D eigenvalue weighted by molar-refractivity contribution is -0.116. The first-order chi connectivity index (χ1) is 15.0. The minimum absolute atomic E-state index is 0.00914. The Morgan fingerprint density at radius 2 is 1.77 bits per heavy atom. The Kier molecular flexibility index (Phi) is 6.27. The van der Waals surface area contributed by atoms with Crippen LogP contribution in [-0.2, 0) is 11.3 Å². The van der Waals surface area contributed by atoms with Crippen molar-refractivity contribution >= 4 is 29.7 Å². The van der Waals surface area contributed by atoms with E-state index in [1.54, 1.807) is 16.7 Å². The second-order valence-corrected chi connectivity index (χ2v) is 8.14. The number of H-pyrrole nitrogens is 1. The van der Waals surface area contributed by atoms with Gasteiger partial charge in [-0.3, -0.25) is 19.3 Å². The zero-order chi connectivity index (χ0) is 21.8. The van der Waals surface area contributed by atoms with Crippen LogP contribution in [-0.4, -0.2) is 44.6 Å². The number of nitrogens with zero attached hydrogens (tertiary/aromatic N) is 3. The number of benzene rings is 2. The van der Waals surface area contributed by atoms with Crippen molar-refractivity contribution in [2.45, 2.75) is 32.7 Å². The zero-order valence-corrected chi connectivity index (χ0v) is 18.2. The number of aromatic nitrogens is 3. The molecule has 2 aromatic carbocycles. The van der Waals surface area contributed by atoms with E-state index < -0.39 is 0 Å². The van der Waals surface area contributed by atoms with Gasteiger partial charge >= 0.3 is 0 Å². The van der Waals surface area contributed by atoms with E-state index in [4.69, 9.17) is 12.2 Å². The molecule has 160 valence electrons. The molecule has 0 radical (unpaired) electrons. The summed E-state index contributed by atoms with van der Waals surface area (Å²) in [7, 11) is 0. The summed E-state index contributed by atoms with van der Waals surface area (Å²) in [6.45, 7) is 3.51. The maximum Gasteiger partial charge on any atom is 0.255 e. The van der Waals surface area contributed by atoms with Gasteiger partial charge < -0.3 is 10.2 Å². The highest BCUT2D eigenvalue weighted by molar-refractivity contribution is 7.71. The number of aryl methyl sites for hydroxylation is 1. The first kappa shape index (κ1) is 21.0. The van der Waals surface area contributed by atoms with Crippen LogP contribution in [0.4, 0.5) is 5.69 Å². The van der Waals surface area contributed by atoms with Crippen LogP contribution in [0, 0.1) is 11.7 Å². The van der Waals surface area contributed by atoms with Crippen LogP contribution < -0.4 is 5.32 Å². The molecule has 2 amide bonds. The van der Waals surface area contributed by atoms with E-state index in [1.807, 2.05) is 48.2 Å². The molecule has 0 aliphatic carbocycles. The molecule has 1 fully saturated rings. The third-order valence-electron chi connectivity index (χ3n) is 5.44. The predicted octanol–water partition coefficient (Wildman–Crippen LogP) is 4.18. The summed E-state index contributed by atoms with van der Waals surface area (Å²) in [6, 6.07) is 15.0. The van der Waals surface area contributed by atoms with E-state index in [1.165, 1.54) is 0 Å². The Balaban J connectivity index is 1.53. The van der Waals surface area contributed by atoms with Crippen molar-refractivity contribution in [3.05, 3.63) is 64.4 Å². The molecule has 1 aromatic heterocycles. The average molecular weight is 436 g/mol. The van der Waals surface area contributed by atoms with Crippen LogP contribution in [0.3, 0.4) is 0 Å². The first-order valence-electron chi connectivity index (χ1n) is 10.4. The van der Waals surface area contributed by atoms with Crippen LogP contribution in [0.2, 0.25) is 0 Å². The summed E-state index contributed by atoms with van der Waals surface area (Å²) in [4.78, 5) is 27.7. The van der Waals surface area contributed by atoms with Gasteiger partial charge in [0.1, 0.15) is 6.54 Å². The molecule has 0 saturated carbocycles. The van der Waals surface area contributed by atoms with Gasteiger partial charge in [0, 0.05) is 18.7 Å². The Morgan fingerprint density at radius 3 is 2.52 bits per heavy atom. The average Bonchev–Trinajstić information content (AvgIpc) is 3.15. The Labute approximate surface area is 186 Å². The number of carbonyl (C=O) groups is 2. The number of anilines is 1. The second kappa shape index (κ2) is 9.26. The number of piperidine rings is 1. The van der Waals surface area contributed by atoms with Gasteiger partial charge in [0.05, 0.1) is 11.3 Å². The van der Waals surface area contributed by atoms with Gasteiger partial charge in [0.15, 0.2) is 10.6 Å². The minimum atomic E-state index is -0.273. The van der Waals surface area contributed by atoms with Crippen molar-refractivity contribution in [2.24, 2.45) is 0 Å². The molecule has 0 bridgehead atoms. The standard InChI is InChI=1S/C23H25N5O2S/c1-16-9-11-17(12-10-16)21-25-26-23(31)28(21)15-20(29)24-19-8-4-3-7-18(19)22(30)27-13-5-2-6-14-27/h3-4,7-12H,2,5-6,13-15H2,1H3,(H,24,29)(H,26,31). The third kappa shape index (κ3) is 4.74. The number of para-hydroxylation sites is 1. The molecule has 3 aromatic rings. The lowest BCUT2D eigenvalue weighted by Crippen LogP contribution is -2.36. The molecule has 1 aliphatic rings. The third-order valence-corrected chi connectivity index (χ3v) is 5.76. The van der Waals surface area contributed by atoms with Crippen molar-refractivity contribution in [3.63, 3.8) is 0 Å². The summed E-state index contributed by atoms with van der Waals surface area (Å²) in [5.74, 6) is 0.276. The maximum atomic E-state index is 13.0. The monoisotopic (exact) mass is 435 g/mol. The number of nitrogens with one attached hydrogen (secondary N) is 2. The van der Waals surface area contributed by atoms with Crippen LogP contribution in [0.15, 0.2) is 48.5 Å². The van der Waals surface area contributed by atoms with Crippen molar-refractivity contribution in [3.8, 4) is 11.4 Å². The fraction of sp³-hybridized carbons (Fsp3) is 0.304. The van der Waals surface area contributed by atoms with Gasteiger partial charge in [-0.05, 0) is 50.5 Å². The summed E-state index contributed by atoms with van der Waals surface area (Å²) < 4.78 is 2.02. The molecule has 7 nitrogen and oxygen atoms in total. The molecule has 31 heavy (non-hydrogen) atoms. The Morgan fingerprint density at radius 1 is 1.06 bits per heavy atom. The summed E-state index contributed by atoms with van der Waals surface area (Å²) in [5, 5.41) is 9.94. The van der Waals surface area contributed by atoms with Crippen molar-refractivity contribution in [1.29, 1.82) is 0 Å². The number of carbonyl (C=O) groups excluding carboxylic acids is 2. The van der Waals surface area contributed by atoms with Crippen LogP contribution in [0.1, 0.15) is 35.2 Å². The molecule has 1 saturated heterocycles. The number of hydrogen-bond donors (Lipinski definition) is 2. The lowest BCUT2D eigenvalue weighted by atomic mass is 10.1. The normalized spacial score (nSPS) is 13.8. The molecular formula is C23H25N5O2S.